The van der Waals surface area contributed by atoms with E-state index in [9.17, 15) is 22.8 Å². The van der Waals surface area contributed by atoms with Crippen LogP contribution in [0.25, 0.3) is 0 Å². The second-order valence-corrected chi connectivity index (χ2v) is 10.4. The molecule has 2 aromatic rings. The van der Waals surface area contributed by atoms with E-state index in [1.807, 2.05) is 6.07 Å². The molecular weight excluding hydrogens is 497 g/mol. The number of carbonyl (C=O) groups is 2. The van der Waals surface area contributed by atoms with Gasteiger partial charge in [-0.25, -0.2) is 4.79 Å². The number of amides is 3. The molecule has 0 spiro atoms. The number of hydrogen-bond donors (Lipinski definition) is 4. The summed E-state index contributed by atoms with van der Waals surface area (Å²) in [5.41, 5.74) is 6.88. The van der Waals surface area contributed by atoms with Gasteiger partial charge in [0.25, 0.3) is 0 Å². The fourth-order valence-corrected chi connectivity index (χ4v) is 3.47. The predicted molar refractivity (Wildman–Crippen MR) is 144 cm³/mol. The molecule has 10 heteroatoms. The van der Waals surface area contributed by atoms with Crippen molar-refractivity contribution in [1.82, 2.24) is 10.7 Å². The summed E-state index contributed by atoms with van der Waals surface area (Å²) in [6.07, 6.45) is -2.37. The number of hydrogen-bond acceptors (Lipinski definition) is 4. The lowest BCUT2D eigenvalue weighted by atomic mass is 9.76. The lowest BCUT2D eigenvalue weighted by Gasteiger charge is -2.30. The van der Waals surface area contributed by atoms with Crippen molar-refractivity contribution in [2.45, 2.75) is 77.8 Å². The summed E-state index contributed by atoms with van der Waals surface area (Å²) in [5, 5.41) is 5.40. The minimum Gasteiger partial charge on any atom is -0.493 e. The first-order valence-corrected chi connectivity index (χ1v) is 12.8. The fourth-order valence-electron chi connectivity index (χ4n) is 3.47. The molecule has 210 valence electrons. The van der Waals surface area contributed by atoms with Gasteiger partial charge in [-0.05, 0) is 66.0 Å². The molecule has 0 fully saturated rings. The van der Waals surface area contributed by atoms with Crippen molar-refractivity contribution in [2.75, 3.05) is 23.9 Å². The van der Waals surface area contributed by atoms with Crippen LogP contribution in [0.3, 0.4) is 0 Å². The summed E-state index contributed by atoms with van der Waals surface area (Å²) in [5.74, 6) is -1.25. The highest BCUT2D eigenvalue weighted by Gasteiger charge is 2.38. The topological polar surface area (TPSA) is 91.5 Å². The Bertz CT molecular complexity index is 1080. The molecule has 0 radical (unpaired) electrons. The van der Waals surface area contributed by atoms with E-state index in [1.165, 1.54) is 35.4 Å². The maximum atomic E-state index is 12.2. The van der Waals surface area contributed by atoms with E-state index in [4.69, 9.17) is 4.74 Å². The van der Waals surface area contributed by atoms with E-state index in [0.717, 1.165) is 18.6 Å². The van der Waals surface area contributed by atoms with Crippen LogP contribution in [0.4, 0.5) is 29.3 Å². The van der Waals surface area contributed by atoms with Crippen LogP contribution in [0.1, 0.15) is 71.9 Å². The number of anilines is 2. The molecule has 3 amide bonds. The van der Waals surface area contributed by atoms with Gasteiger partial charge in [0.2, 0.25) is 0 Å². The van der Waals surface area contributed by atoms with E-state index in [-0.39, 0.29) is 16.5 Å². The Labute approximate surface area is 222 Å². The van der Waals surface area contributed by atoms with Gasteiger partial charge in [-0.1, -0.05) is 53.7 Å². The van der Waals surface area contributed by atoms with Gasteiger partial charge in [0.05, 0.1) is 12.3 Å². The summed E-state index contributed by atoms with van der Waals surface area (Å²) in [7, 11) is 0. The molecule has 0 bridgehead atoms. The number of benzene rings is 2. The zero-order valence-electron chi connectivity index (χ0n) is 22.9. The van der Waals surface area contributed by atoms with Gasteiger partial charge >= 0.3 is 18.1 Å². The standard InChI is InChI=1S/C28H39F3N4O3/c1-7-26(3,4)19-10-15-23(22(18-19)27(5,6)8-2)38-17-9-16-32-25(37)33-20-11-13-21(14-12-20)34-35-24(36)28(29,30)31/h10-15,18,34H,7-9,16-17H2,1-6H3,(H,35,36)(H2,32,33,37). The zero-order chi connectivity index (χ0) is 28.6. The zero-order valence-corrected chi connectivity index (χ0v) is 22.9. The van der Waals surface area contributed by atoms with Crippen LogP contribution in [-0.4, -0.2) is 31.3 Å². The molecule has 38 heavy (non-hydrogen) atoms. The van der Waals surface area contributed by atoms with Crippen molar-refractivity contribution < 1.29 is 27.5 Å². The number of alkyl halides is 3. The summed E-state index contributed by atoms with van der Waals surface area (Å²) in [6, 6.07) is 11.8. The van der Waals surface area contributed by atoms with Crippen molar-refractivity contribution >= 4 is 23.3 Å². The second kappa shape index (κ2) is 12.9. The van der Waals surface area contributed by atoms with E-state index in [2.05, 4.69) is 69.7 Å². The second-order valence-electron chi connectivity index (χ2n) is 10.4. The average molecular weight is 537 g/mol. The highest BCUT2D eigenvalue weighted by Crippen LogP contribution is 2.38. The van der Waals surface area contributed by atoms with E-state index in [0.29, 0.717) is 25.3 Å². The molecular formula is C28H39F3N4O3. The van der Waals surface area contributed by atoms with Gasteiger partial charge < -0.3 is 15.4 Å². The largest absolute Gasteiger partial charge is 0.493 e. The molecule has 4 N–H and O–H groups in total. The van der Waals surface area contributed by atoms with Gasteiger partial charge in [-0.3, -0.25) is 15.6 Å². The minimum absolute atomic E-state index is 0.0394. The number of hydrazine groups is 1. The van der Waals surface area contributed by atoms with Gasteiger partial charge in [-0.2, -0.15) is 13.2 Å². The summed E-state index contributed by atoms with van der Waals surface area (Å²) in [4.78, 5) is 23.0. The van der Waals surface area contributed by atoms with Crippen LogP contribution < -0.4 is 26.2 Å². The predicted octanol–water partition coefficient (Wildman–Crippen LogP) is 6.66. The van der Waals surface area contributed by atoms with E-state index < -0.39 is 18.1 Å². The highest BCUT2D eigenvalue weighted by atomic mass is 19.4. The summed E-state index contributed by atoms with van der Waals surface area (Å²) >= 11 is 0. The third kappa shape index (κ3) is 8.85. The summed E-state index contributed by atoms with van der Waals surface area (Å²) in [6.45, 7) is 14.1. The van der Waals surface area contributed by atoms with E-state index >= 15 is 0 Å². The number of carbonyl (C=O) groups excluding carboxylic acids is 2. The molecule has 0 atom stereocenters. The van der Waals surface area contributed by atoms with Crippen LogP contribution in [0.2, 0.25) is 0 Å². The highest BCUT2D eigenvalue weighted by molar-refractivity contribution is 5.89. The van der Waals surface area contributed by atoms with Crippen LogP contribution in [-0.2, 0) is 15.6 Å². The molecule has 0 aliphatic rings. The Kier molecular flexibility index (Phi) is 10.4. The number of nitrogens with one attached hydrogen (secondary N) is 4. The van der Waals surface area contributed by atoms with Crippen LogP contribution in [0.15, 0.2) is 42.5 Å². The fraction of sp³-hybridized carbons (Fsp3) is 0.500. The van der Waals surface area contributed by atoms with Gasteiger partial charge in [0, 0.05) is 17.8 Å². The molecule has 0 heterocycles. The SMILES string of the molecule is CCC(C)(C)c1ccc(OCCCNC(=O)Nc2ccc(NNC(=O)C(F)(F)F)cc2)c(C(C)(C)CC)c1. The molecule has 0 unspecified atom stereocenters. The number of rotatable bonds is 12. The third-order valence-electron chi connectivity index (χ3n) is 6.84. The van der Waals surface area contributed by atoms with Crippen molar-refractivity contribution in [3.8, 4) is 5.75 Å². The molecule has 0 aromatic heterocycles. The quantitative estimate of drug-likeness (QED) is 0.180. The van der Waals surface area contributed by atoms with Crippen molar-refractivity contribution in [3.05, 3.63) is 53.6 Å². The Morgan fingerprint density at radius 2 is 1.47 bits per heavy atom. The van der Waals surface area contributed by atoms with Crippen LogP contribution in [0, 0.1) is 0 Å². The van der Waals surface area contributed by atoms with Gasteiger partial charge in [-0.15, -0.1) is 0 Å². The van der Waals surface area contributed by atoms with Crippen molar-refractivity contribution in [1.29, 1.82) is 0 Å². The smallest absolute Gasteiger partial charge is 0.472 e. The number of halogens is 3. The molecule has 0 saturated heterocycles. The van der Waals surface area contributed by atoms with Crippen molar-refractivity contribution in [2.24, 2.45) is 0 Å². The molecule has 7 nitrogen and oxygen atoms in total. The van der Waals surface area contributed by atoms with Gasteiger partial charge in [0.15, 0.2) is 0 Å². The first-order chi connectivity index (χ1) is 17.7. The molecule has 2 aromatic carbocycles. The first kappa shape index (κ1) is 30.8. The monoisotopic (exact) mass is 536 g/mol. The maximum absolute atomic E-state index is 12.2. The maximum Gasteiger partial charge on any atom is 0.472 e. The Balaban J connectivity index is 1.83. The lowest BCUT2D eigenvalue weighted by Crippen LogP contribution is -2.40. The lowest BCUT2D eigenvalue weighted by molar-refractivity contribution is -0.173. The third-order valence-corrected chi connectivity index (χ3v) is 6.84. The van der Waals surface area contributed by atoms with Gasteiger partial charge in [0.1, 0.15) is 5.75 Å². The number of urea groups is 1. The number of ether oxygens (including phenoxy) is 1. The molecule has 2 rings (SSSR count). The molecule has 0 aliphatic heterocycles. The normalized spacial score (nSPS) is 12.0. The van der Waals surface area contributed by atoms with Crippen LogP contribution in [0.5, 0.6) is 5.75 Å². The summed E-state index contributed by atoms with van der Waals surface area (Å²) < 4.78 is 42.8. The van der Waals surface area contributed by atoms with Crippen molar-refractivity contribution in [3.63, 3.8) is 0 Å². The Hall–Kier alpha value is -3.43. The molecule has 0 saturated carbocycles. The molecule has 0 aliphatic carbocycles. The van der Waals surface area contributed by atoms with E-state index in [1.54, 1.807) is 5.43 Å². The van der Waals surface area contributed by atoms with Crippen LogP contribution >= 0.6 is 0 Å². The Morgan fingerprint density at radius 3 is 2.05 bits per heavy atom. The first-order valence-electron chi connectivity index (χ1n) is 12.8. The Morgan fingerprint density at radius 1 is 0.868 bits per heavy atom. The average Bonchev–Trinajstić information content (AvgIpc) is 2.87. The minimum atomic E-state index is -4.98.